The molecule has 0 aromatic heterocycles. The van der Waals surface area contributed by atoms with Crippen molar-refractivity contribution in [3.05, 3.63) is 12.7 Å². The van der Waals surface area contributed by atoms with Crippen LogP contribution < -0.4 is 0 Å². The number of allylic oxidation sites excluding steroid dienone is 1. The summed E-state index contributed by atoms with van der Waals surface area (Å²) >= 11 is 0. The molecular weight excluding hydrogens is 98.1 g/mol. The lowest BCUT2D eigenvalue weighted by atomic mass is 10.2. The molecule has 0 fully saturated rings. The topological polar surface area (TPSA) is 23.9 Å². The first-order valence-corrected chi connectivity index (χ1v) is 3.01. The van der Waals surface area contributed by atoms with E-state index in [0.717, 1.165) is 19.3 Å². The van der Waals surface area contributed by atoms with Gasteiger partial charge in [-0.15, -0.1) is 0 Å². The Morgan fingerprint density at radius 3 is 2.75 bits per heavy atom. The van der Waals surface area contributed by atoms with Gasteiger partial charge in [-0.25, -0.2) is 0 Å². The molecule has 0 aliphatic rings. The molecule has 0 unspecified atom stereocenters. The van der Waals surface area contributed by atoms with Gasteiger partial charge < -0.3 is 5.41 Å². The van der Waals surface area contributed by atoms with Gasteiger partial charge in [0.1, 0.15) is 0 Å². The number of rotatable bonds is 4. The van der Waals surface area contributed by atoms with Gasteiger partial charge in [-0.1, -0.05) is 19.9 Å². The van der Waals surface area contributed by atoms with Crippen LogP contribution in [0.25, 0.3) is 0 Å². The predicted octanol–water partition coefficient (Wildman–Crippen LogP) is 2.38. The lowest BCUT2D eigenvalue weighted by Gasteiger charge is -1.91. The average Bonchev–Trinajstić information content (AvgIpc) is 1.83. The van der Waals surface area contributed by atoms with Crippen molar-refractivity contribution in [1.82, 2.24) is 0 Å². The number of hydrogen-bond acceptors (Lipinski definition) is 1. The highest BCUT2D eigenvalue weighted by Crippen LogP contribution is 1.94. The Kier molecular flexibility index (Phi) is 4.23. The van der Waals surface area contributed by atoms with Crippen molar-refractivity contribution in [2.45, 2.75) is 26.2 Å². The molecule has 0 saturated heterocycles. The fourth-order valence-corrected chi connectivity index (χ4v) is 0.469. The molecule has 1 heteroatoms. The second-order valence-corrected chi connectivity index (χ2v) is 1.83. The minimum Gasteiger partial charge on any atom is -0.305 e. The van der Waals surface area contributed by atoms with Gasteiger partial charge in [0, 0.05) is 5.71 Å². The summed E-state index contributed by atoms with van der Waals surface area (Å²) in [4.78, 5) is 0. The van der Waals surface area contributed by atoms with E-state index in [4.69, 9.17) is 5.41 Å². The minimum atomic E-state index is 0.659. The van der Waals surface area contributed by atoms with Crippen LogP contribution in [-0.4, -0.2) is 5.71 Å². The van der Waals surface area contributed by atoms with Gasteiger partial charge in [-0.05, 0) is 18.9 Å². The molecule has 0 saturated carbocycles. The number of unbranched alkanes of at least 4 members (excludes halogenated alkanes) is 1. The van der Waals surface area contributed by atoms with Gasteiger partial charge in [-0.3, -0.25) is 0 Å². The molecule has 8 heavy (non-hydrogen) atoms. The van der Waals surface area contributed by atoms with Gasteiger partial charge in [-0.2, -0.15) is 0 Å². The average molecular weight is 111 g/mol. The highest BCUT2D eigenvalue weighted by atomic mass is 14.4. The molecule has 0 aromatic carbocycles. The Bertz CT molecular complexity index is 84.4. The van der Waals surface area contributed by atoms with Crippen molar-refractivity contribution in [2.24, 2.45) is 0 Å². The second-order valence-electron chi connectivity index (χ2n) is 1.83. The predicted molar refractivity (Wildman–Crippen MR) is 37.4 cm³/mol. The van der Waals surface area contributed by atoms with Gasteiger partial charge in [0.2, 0.25) is 0 Å². The van der Waals surface area contributed by atoms with E-state index in [0.29, 0.717) is 5.71 Å². The molecular formula is C7H13N. The summed E-state index contributed by atoms with van der Waals surface area (Å²) in [6.07, 6.45) is 4.77. The number of nitrogens with one attached hydrogen (secondary N) is 1. The standard InChI is InChI=1S/C7H13N/c1-3-5-6-7(8)4-2/h4,8H,2-3,5-6H2,1H3. The van der Waals surface area contributed by atoms with E-state index < -0.39 is 0 Å². The Balaban J connectivity index is 3.11. The van der Waals surface area contributed by atoms with Crippen molar-refractivity contribution in [2.75, 3.05) is 0 Å². The quantitative estimate of drug-likeness (QED) is 0.538. The van der Waals surface area contributed by atoms with Gasteiger partial charge in [0.25, 0.3) is 0 Å². The van der Waals surface area contributed by atoms with Crippen LogP contribution in [0.15, 0.2) is 12.7 Å². The molecule has 0 spiro atoms. The fraction of sp³-hybridized carbons (Fsp3) is 0.571. The molecule has 1 N–H and O–H groups in total. The van der Waals surface area contributed by atoms with E-state index in [9.17, 15) is 0 Å². The molecule has 0 aliphatic carbocycles. The zero-order valence-corrected chi connectivity index (χ0v) is 5.41. The molecule has 1 nitrogen and oxygen atoms in total. The maximum Gasteiger partial charge on any atom is 0.0308 e. The van der Waals surface area contributed by atoms with E-state index in [1.807, 2.05) is 0 Å². The summed E-state index contributed by atoms with van der Waals surface area (Å²) in [6, 6.07) is 0. The molecule has 0 bridgehead atoms. The molecule has 46 valence electrons. The van der Waals surface area contributed by atoms with E-state index in [2.05, 4.69) is 13.5 Å². The summed E-state index contributed by atoms with van der Waals surface area (Å²) in [5.41, 5.74) is 0.659. The summed E-state index contributed by atoms with van der Waals surface area (Å²) in [5.74, 6) is 0. The maximum atomic E-state index is 7.12. The first-order chi connectivity index (χ1) is 3.81. The van der Waals surface area contributed by atoms with Crippen LogP contribution in [0, 0.1) is 5.41 Å². The molecule has 0 aromatic rings. The van der Waals surface area contributed by atoms with Crippen molar-refractivity contribution in [3.63, 3.8) is 0 Å². The van der Waals surface area contributed by atoms with Gasteiger partial charge in [0.05, 0.1) is 0 Å². The van der Waals surface area contributed by atoms with Crippen molar-refractivity contribution >= 4 is 5.71 Å². The summed E-state index contributed by atoms with van der Waals surface area (Å²) in [7, 11) is 0. The van der Waals surface area contributed by atoms with Crippen LogP contribution >= 0.6 is 0 Å². The van der Waals surface area contributed by atoms with Crippen molar-refractivity contribution < 1.29 is 0 Å². The Hall–Kier alpha value is -0.590. The summed E-state index contributed by atoms with van der Waals surface area (Å²) in [5, 5.41) is 7.12. The zero-order valence-electron chi connectivity index (χ0n) is 5.41. The van der Waals surface area contributed by atoms with Gasteiger partial charge >= 0.3 is 0 Å². The van der Waals surface area contributed by atoms with E-state index in [-0.39, 0.29) is 0 Å². The summed E-state index contributed by atoms with van der Waals surface area (Å²) < 4.78 is 0. The smallest absolute Gasteiger partial charge is 0.0308 e. The third-order valence-electron chi connectivity index (χ3n) is 1.05. The van der Waals surface area contributed by atoms with Gasteiger partial charge in [0.15, 0.2) is 0 Å². The lowest BCUT2D eigenvalue weighted by Crippen LogP contribution is -1.87. The highest BCUT2D eigenvalue weighted by Gasteiger charge is 1.86. The SMILES string of the molecule is C=CC(=N)CCCC. The Morgan fingerprint density at radius 2 is 2.38 bits per heavy atom. The third-order valence-corrected chi connectivity index (χ3v) is 1.05. The van der Waals surface area contributed by atoms with Crippen LogP contribution in [0.5, 0.6) is 0 Å². The van der Waals surface area contributed by atoms with Crippen molar-refractivity contribution in [3.8, 4) is 0 Å². The van der Waals surface area contributed by atoms with E-state index >= 15 is 0 Å². The van der Waals surface area contributed by atoms with E-state index in [1.54, 1.807) is 6.08 Å². The molecule has 0 radical (unpaired) electrons. The first-order valence-electron chi connectivity index (χ1n) is 3.01. The van der Waals surface area contributed by atoms with Crippen LogP contribution in [0.3, 0.4) is 0 Å². The first kappa shape index (κ1) is 7.41. The minimum absolute atomic E-state index is 0.659. The molecule has 0 heterocycles. The highest BCUT2D eigenvalue weighted by molar-refractivity contribution is 5.91. The van der Waals surface area contributed by atoms with Crippen molar-refractivity contribution in [1.29, 1.82) is 5.41 Å². The molecule has 0 atom stereocenters. The monoisotopic (exact) mass is 111 g/mol. The summed E-state index contributed by atoms with van der Waals surface area (Å²) in [6.45, 7) is 5.61. The normalized spacial score (nSPS) is 8.62. The Morgan fingerprint density at radius 1 is 1.75 bits per heavy atom. The Labute approximate surface area is 50.9 Å². The second kappa shape index (κ2) is 4.57. The van der Waals surface area contributed by atoms with Crippen LogP contribution in [0.4, 0.5) is 0 Å². The largest absolute Gasteiger partial charge is 0.305 e. The third kappa shape index (κ3) is 3.59. The van der Waals surface area contributed by atoms with Crippen LogP contribution in [0.2, 0.25) is 0 Å². The fourth-order valence-electron chi connectivity index (χ4n) is 0.469. The van der Waals surface area contributed by atoms with Crippen LogP contribution in [-0.2, 0) is 0 Å². The lowest BCUT2D eigenvalue weighted by molar-refractivity contribution is 0.834. The molecule has 0 rings (SSSR count). The van der Waals surface area contributed by atoms with Crippen LogP contribution in [0.1, 0.15) is 26.2 Å². The number of hydrogen-bond donors (Lipinski definition) is 1. The molecule has 0 aliphatic heterocycles. The zero-order chi connectivity index (χ0) is 6.41. The maximum absolute atomic E-state index is 7.12. The molecule has 0 amide bonds. The van der Waals surface area contributed by atoms with E-state index in [1.165, 1.54) is 0 Å².